The number of amides is 2. The highest BCUT2D eigenvalue weighted by Crippen LogP contribution is 2.21. The highest BCUT2D eigenvalue weighted by Gasteiger charge is 2.23. The molecule has 1 atom stereocenters. The van der Waals surface area contributed by atoms with Gasteiger partial charge in [0.2, 0.25) is 5.91 Å². The van der Waals surface area contributed by atoms with Gasteiger partial charge in [-0.1, -0.05) is 0 Å². The van der Waals surface area contributed by atoms with E-state index in [2.05, 4.69) is 4.98 Å². The normalized spacial score (nSPS) is 18.8. The Morgan fingerprint density at radius 2 is 2.17 bits per heavy atom. The van der Waals surface area contributed by atoms with E-state index in [1.165, 1.54) is 12.3 Å². The average molecular weight is 249 g/mol. The minimum absolute atomic E-state index is 0.00889. The molecule has 0 saturated carbocycles. The zero-order valence-electron chi connectivity index (χ0n) is 9.89. The monoisotopic (exact) mass is 249 g/mol. The maximum Gasteiger partial charge on any atom is 0.267 e. The number of hydrogen-bond donors (Lipinski definition) is 2. The molecule has 18 heavy (non-hydrogen) atoms. The van der Waals surface area contributed by atoms with Gasteiger partial charge in [0, 0.05) is 24.8 Å². The predicted molar refractivity (Wildman–Crippen MR) is 64.0 cm³/mol. The van der Waals surface area contributed by atoms with E-state index in [0.717, 1.165) is 12.8 Å². The molecule has 0 aliphatic carbocycles. The number of carbonyl (C=O) groups excluding carboxylic acids is 2. The number of rotatable bonds is 4. The third-order valence-corrected chi connectivity index (χ3v) is 3.01. The number of nitrogens with two attached hydrogens (primary N) is 2. The van der Waals surface area contributed by atoms with Gasteiger partial charge in [-0.3, -0.25) is 14.6 Å². The van der Waals surface area contributed by atoms with Crippen LogP contribution in [0.5, 0.6) is 0 Å². The SMILES string of the molecule is NC(=O)c1ccnc(C(N)=O)c1CC1CCCO1. The first-order chi connectivity index (χ1) is 8.59. The van der Waals surface area contributed by atoms with Crippen molar-refractivity contribution in [1.29, 1.82) is 0 Å². The minimum Gasteiger partial charge on any atom is -0.378 e. The lowest BCUT2D eigenvalue weighted by Crippen LogP contribution is -2.24. The Hall–Kier alpha value is -1.95. The molecule has 96 valence electrons. The molecule has 0 bridgehead atoms. The summed E-state index contributed by atoms with van der Waals surface area (Å²) in [6.45, 7) is 0.697. The first kappa shape index (κ1) is 12.5. The van der Waals surface area contributed by atoms with Gasteiger partial charge >= 0.3 is 0 Å². The number of nitrogens with zero attached hydrogens (tertiary/aromatic N) is 1. The molecule has 1 aliphatic rings. The van der Waals surface area contributed by atoms with Crippen molar-refractivity contribution >= 4 is 11.8 Å². The van der Waals surface area contributed by atoms with Crippen molar-refractivity contribution in [3.63, 3.8) is 0 Å². The number of aromatic nitrogens is 1. The fourth-order valence-electron chi connectivity index (χ4n) is 2.18. The molecule has 2 rings (SSSR count). The molecule has 0 radical (unpaired) electrons. The lowest BCUT2D eigenvalue weighted by molar-refractivity contribution is 0.0984. The van der Waals surface area contributed by atoms with Crippen LogP contribution in [0.3, 0.4) is 0 Å². The number of ether oxygens (including phenoxy) is 1. The molecule has 1 saturated heterocycles. The second-order valence-corrected chi connectivity index (χ2v) is 4.25. The van der Waals surface area contributed by atoms with Crippen LogP contribution in [-0.2, 0) is 11.2 Å². The fraction of sp³-hybridized carbons (Fsp3) is 0.417. The predicted octanol–water partition coefficient (Wildman–Crippen LogP) is 0.000900. The van der Waals surface area contributed by atoms with Gasteiger partial charge in [-0.2, -0.15) is 0 Å². The molecule has 1 unspecified atom stereocenters. The summed E-state index contributed by atoms with van der Waals surface area (Å²) in [5.74, 6) is -1.25. The van der Waals surface area contributed by atoms with Crippen LogP contribution in [0.1, 0.15) is 39.3 Å². The Bertz CT molecular complexity index is 449. The van der Waals surface area contributed by atoms with Crippen LogP contribution in [0.15, 0.2) is 12.3 Å². The number of pyridine rings is 1. The first-order valence-corrected chi connectivity index (χ1v) is 5.78. The molecule has 1 aromatic heterocycles. The molecule has 1 fully saturated rings. The van der Waals surface area contributed by atoms with Crippen LogP contribution >= 0.6 is 0 Å². The van der Waals surface area contributed by atoms with Gasteiger partial charge in [0.05, 0.1) is 6.10 Å². The fourth-order valence-corrected chi connectivity index (χ4v) is 2.18. The summed E-state index contributed by atoms with van der Waals surface area (Å²) in [6, 6.07) is 1.50. The van der Waals surface area contributed by atoms with Crippen molar-refractivity contribution in [2.24, 2.45) is 11.5 Å². The molecule has 0 aromatic carbocycles. The van der Waals surface area contributed by atoms with Gasteiger partial charge < -0.3 is 16.2 Å². The summed E-state index contributed by atoms with van der Waals surface area (Å²) in [7, 11) is 0. The molecule has 6 nitrogen and oxygen atoms in total. The maximum absolute atomic E-state index is 11.4. The molecule has 2 amide bonds. The standard InChI is InChI=1S/C12H15N3O3/c13-11(16)8-3-4-15-10(12(14)17)9(8)6-7-2-1-5-18-7/h3-4,7H,1-2,5-6H2,(H2,13,16)(H2,14,17). The van der Waals surface area contributed by atoms with Gasteiger partial charge in [0.25, 0.3) is 5.91 Å². The van der Waals surface area contributed by atoms with Crippen molar-refractivity contribution < 1.29 is 14.3 Å². The van der Waals surface area contributed by atoms with E-state index in [4.69, 9.17) is 16.2 Å². The van der Waals surface area contributed by atoms with Crippen LogP contribution in [0.4, 0.5) is 0 Å². The summed E-state index contributed by atoms with van der Waals surface area (Å²) < 4.78 is 5.49. The quantitative estimate of drug-likeness (QED) is 0.782. The number of primary amides is 2. The zero-order chi connectivity index (χ0) is 13.1. The zero-order valence-corrected chi connectivity index (χ0v) is 9.89. The van der Waals surface area contributed by atoms with E-state index in [1.807, 2.05) is 0 Å². The van der Waals surface area contributed by atoms with Gasteiger partial charge in [-0.25, -0.2) is 0 Å². The van der Waals surface area contributed by atoms with Crippen molar-refractivity contribution in [3.8, 4) is 0 Å². The van der Waals surface area contributed by atoms with Crippen molar-refractivity contribution in [2.45, 2.75) is 25.4 Å². The smallest absolute Gasteiger partial charge is 0.267 e. The molecule has 1 aromatic rings. The minimum atomic E-state index is -0.661. The van der Waals surface area contributed by atoms with Crippen LogP contribution in [0.25, 0.3) is 0 Å². The van der Waals surface area contributed by atoms with E-state index in [-0.39, 0.29) is 17.4 Å². The number of hydrogen-bond acceptors (Lipinski definition) is 4. The lowest BCUT2D eigenvalue weighted by Gasteiger charge is -2.14. The third kappa shape index (κ3) is 2.48. The molecule has 4 N–H and O–H groups in total. The molecule has 0 spiro atoms. The Labute approximate surface area is 104 Å². The van der Waals surface area contributed by atoms with Crippen molar-refractivity contribution in [3.05, 3.63) is 29.1 Å². The highest BCUT2D eigenvalue weighted by atomic mass is 16.5. The summed E-state index contributed by atoms with van der Waals surface area (Å²) in [6.07, 6.45) is 3.66. The maximum atomic E-state index is 11.4. The lowest BCUT2D eigenvalue weighted by atomic mass is 9.98. The summed E-state index contributed by atoms with van der Waals surface area (Å²) in [5.41, 5.74) is 11.4. The van der Waals surface area contributed by atoms with Gasteiger partial charge in [-0.05, 0) is 24.5 Å². The molecular formula is C12H15N3O3. The van der Waals surface area contributed by atoms with E-state index in [9.17, 15) is 9.59 Å². The van der Waals surface area contributed by atoms with E-state index in [0.29, 0.717) is 18.6 Å². The second kappa shape index (κ2) is 5.14. The molecule has 2 heterocycles. The Morgan fingerprint density at radius 3 is 2.72 bits per heavy atom. The van der Waals surface area contributed by atoms with E-state index >= 15 is 0 Å². The van der Waals surface area contributed by atoms with Crippen molar-refractivity contribution in [2.75, 3.05) is 6.61 Å². The topological polar surface area (TPSA) is 108 Å². The van der Waals surface area contributed by atoms with Crippen LogP contribution < -0.4 is 11.5 Å². The van der Waals surface area contributed by atoms with Crippen LogP contribution in [0, 0.1) is 0 Å². The van der Waals surface area contributed by atoms with Crippen LogP contribution in [0.2, 0.25) is 0 Å². The summed E-state index contributed by atoms with van der Waals surface area (Å²) >= 11 is 0. The largest absolute Gasteiger partial charge is 0.378 e. The Balaban J connectivity index is 2.39. The van der Waals surface area contributed by atoms with E-state index in [1.54, 1.807) is 0 Å². The van der Waals surface area contributed by atoms with E-state index < -0.39 is 11.8 Å². The molecular weight excluding hydrogens is 234 g/mol. The second-order valence-electron chi connectivity index (χ2n) is 4.25. The highest BCUT2D eigenvalue weighted by molar-refractivity contribution is 5.99. The van der Waals surface area contributed by atoms with Gasteiger partial charge in [0.15, 0.2) is 0 Å². The summed E-state index contributed by atoms with van der Waals surface area (Å²) in [5, 5.41) is 0. The number of carbonyl (C=O) groups is 2. The van der Waals surface area contributed by atoms with Gasteiger partial charge in [0.1, 0.15) is 5.69 Å². The Morgan fingerprint density at radius 1 is 1.39 bits per heavy atom. The Kier molecular flexibility index (Phi) is 3.57. The van der Waals surface area contributed by atoms with Gasteiger partial charge in [-0.15, -0.1) is 0 Å². The first-order valence-electron chi connectivity index (χ1n) is 5.78. The van der Waals surface area contributed by atoms with Crippen LogP contribution in [-0.4, -0.2) is 29.5 Å². The molecule has 1 aliphatic heterocycles. The third-order valence-electron chi connectivity index (χ3n) is 3.01. The van der Waals surface area contributed by atoms with Crippen molar-refractivity contribution in [1.82, 2.24) is 4.98 Å². The molecule has 6 heteroatoms. The average Bonchev–Trinajstić information content (AvgIpc) is 2.81. The summed E-state index contributed by atoms with van der Waals surface area (Å²) in [4.78, 5) is 26.6.